The third-order valence-corrected chi connectivity index (χ3v) is 6.67. The number of nitrogen functional groups attached to an aromatic ring is 1. The second kappa shape index (κ2) is 9.51. The second-order valence-corrected chi connectivity index (χ2v) is 9.18. The SMILES string of the molecule is Cc1nc(NCCCN2CCC(Oc3ccc(Cl)c(Cl)c3)CC2)c2sc(N)nc2n1. The Morgan fingerprint density at radius 3 is 2.77 bits per heavy atom. The lowest BCUT2D eigenvalue weighted by molar-refractivity contribution is 0.100. The summed E-state index contributed by atoms with van der Waals surface area (Å²) in [6.07, 6.45) is 3.24. The van der Waals surface area contributed by atoms with Crippen molar-refractivity contribution in [2.75, 3.05) is 37.2 Å². The van der Waals surface area contributed by atoms with Crippen LogP contribution in [0.5, 0.6) is 5.75 Å². The summed E-state index contributed by atoms with van der Waals surface area (Å²) in [6.45, 7) is 5.78. The maximum absolute atomic E-state index is 6.07. The lowest BCUT2D eigenvalue weighted by Gasteiger charge is -2.32. The van der Waals surface area contributed by atoms with Crippen LogP contribution < -0.4 is 15.8 Å². The molecule has 0 atom stereocenters. The van der Waals surface area contributed by atoms with Gasteiger partial charge in [-0.3, -0.25) is 0 Å². The molecule has 0 bridgehead atoms. The number of ether oxygens (including phenoxy) is 1. The number of rotatable bonds is 7. The van der Waals surface area contributed by atoms with Crippen molar-refractivity contribution in [2.45, 2.75) is 32.3 Å². The molecule has 0 saturated carbocycles. The topological polar surface area (TPSA) is 89.2 Å². The van der Waals surface area contributed by atoms with Crippen LogP contribution in [-0.2, 0) is 0 Å². The van der Waals surface area contributed by atoms with Gasteiger partial charge in [0.05, 0.1) is 10.0 Å². The molecule has 7 nitrogen and oxygen atoms in total. The van der Waals surface area contributed by atoms with E-state index in [9.17, 15) is 0 Å². The van der Waals surface area contributed by atoms with Gasteiger partial charge in [-0.2, -0.15) is 0 Å². The Labute approximate surface area is 189 Å². The van der Waals surface area contributed by atoms with Crippen molar-refractivity contribution in [3.05, 3.63) is 34.1 Å². The summed E-state index contributed by atoms with van der Waals surface area (Å²) in [5.74, 6) is 2.29. The van der Waals surface area contributed by atoms with Gasteiger partial charge >= 0.3 is 0 Å². The van der Waals surface area contributed by atoms with Gasteiger partial charge in [-0.15, -0.1) is 0 Å². The maximum atomic E-state index is 6.07. The second-order valence-electron chi connectivity index (χ2n) is 7.34. The van der Waals surface area contributed by atoms with Crippen LogP contribution in [0.3, 0.4) is 0 Å². The van der Waals surface area contributed by atoms with Crippen LogP contribution in [0.2, 0.25) is 10.0 Å². The zero-order chi connectivity index (χ0) is 21.1. The molecule has 30 heavy (non-hydrogen) atoms. The molecule has 0 unspecified atom stereocenters. The number of aromatic nitrogens is 3. The van der Waals surface area contributed by atoms with E-state index in [4.69, 9.17) is 33.7 Å². The summed E-state index contributed by atoms with van der Waals surface area (Å²) in [4.78, 5) is 15.6. The number of aryl methyl sites for hydroxylation is 1. The smallest absolute Gasteiger partial charge is 0.182 e. The average Bonchev–Trinajstić information content (AvgIpc) is 3.09. The predicted molar refractivity (Wildman–Crippen MR) is 124 cm³/mol. The first kappa shape index (κ1) is 21.4. The molecular formula is C20H24Cl2N6OS. The number of thiazole rings is 1. The molecule has 3 N–H and O–H groups in total. The molecule has 10 heteroatoms. The highest BCUT2D eigenvalue weighted by Crippen LogP contribution is 2.29. The van der Waals surface area contributed by atoms with E-state index in [0.717, 1.165) is 61.7 Å². The lowest BCUT2D eigenvalue weighted by atomic mass is 10.1. The standard InChI is InChI=1S/C20H24Cl2N6OS/c1-12-25-18(17-19(26-12)27-20(23)30-17)24-7-2-8-28-9-5-13(6-10-28)29-14-3-4-15(21)16(22)11-14/h3-4,11,13H,2,5-10H2,1H3,(H3,23,24,25,26,27). The van der Waals surface area contributed by atoms with Gasteiger partial charge in [0.15, 0.2) is 10.8 Å². The Bertz CT molecular complexity index is 1020. The van der Waals surface area contributed by atoms with Gasteiger partial charge in [-0.25, -0.2) is 15.0 Å². The number of anilines is 2. The van der Waals surface area contributed by atoms with Gasteiger partial charge in [-0.05, 0) is 44.9 Å². The van der Waals surface area contributed by atoms with Crippen LogP contribution in [0.4, 0.5) is 10.9 Å². The fourth-order valence-electron chi connectivity index (χ4n) is 3.57. The Hall–Kier alpha value is -1.87. The summed E-state index contributed by atoms with van der Waals surface area (Å²) in [6, 6.07) is 5.42. The van der Waals surface area contributed by atoms with Gasteiger partial charge in [0.25, 0.3) is 0 Å². The number of nitrogens with one attached hydrogen (secondary N) is 1. The van der Waals surface area contributed by atoms with Crippen molar-refractivity contribution in [2.24, 2.45) is 0 Å². The van der Waals surface area contributed by atoms with Crippen molar-refractivity contribution in [3.63, 3.8) is 0 Å². The fourth-order valence-corrected chi connectivity index (χ4v) is 4.60. The minimum absolute atomic E-state index is 0.214. The average molecular weight is 467 g/mol. The molecule has 1 saturated heterocycles. The first-order chi connectivity index (χ1) is 14.5. The molecule has 160 valence electrons. The summed E-state index contributed by atoms with van der Waals surface area (Å²) < 4.78 is 6.98. The van der Waals surface area contributed by atoms with Crippen molar-refractivity contribution in [1.82, 2.24) is 19.9 Å². The quantitative estimate of drug-likeness (QED) is 0.490. The van der Waals surface area contributed by atoms with E-state index >= 15 is 0 Å². The van der Waals surface area contributed by atoms with Gasteiger partial charge in [0.1, 0.15) is 28.2 Å². The molecule has 1 aromatic carbocycles. The van der Waals surface area contributed by atoms with E-state index < -0.39 is 0 Å². The number of nitrogens with zero attached hydrogens (tertiary/aromatic N) is 4. The van der Waals surface area contributed by atoms with E-state index in [2.05, 4.69) is 25.2 Å². The van der Waals surface area contributed by atoms with Crippen LogP contribution in [0.25, 0.3) is 10.3 Å². The molecular weight excluding hydrogens is 443 g/mol. The first-order valence-electron chi connectivity index (χ1n) is 9.96. The molecule has 0 aliphatic carbocycles. The maximum Gasteiger partial charge on any atom is 0.182 e. The highest BCUT2D eigenvalue weighted by molar-refractivity contribution is 7.22. The minimum atomic E-state index is 0.214. The van der Waals surface area contributed by atoms with Gasteiger partial charge in [0.2, 0.25) is 0 Å². The number of likely N-dealkylation sites (tertiary alicyclic amines) is 1. The largest absolute Gasteiger partial charge is 0.490 e. The van der Waals surface area contributed by atoms with Crippen LogP contribution in [0.1, 0.15) is 25.1 Å². The molecule has 1 fully saturated rings. The molecule has 0 radical (unpaired) electrons. The Balaban J connectivity index is 1.20. The lowest BCUT2D eigenvalue weighted by Crippen LogP contribution is -2.39. The Morgan fingerprint density at radius 1 is 1.20 bits per heavy atom. The van der Waals surface area contributed by atoms with Gasteiger partial charge in [-0.1, -0.05) is 34.5 Å². The molecule has 0 spiro atoms. The van der Waals surface area contributed by atoms with Gasteiger partial charge < -0.3 is 20.7 Å². The van der Waals surface area contributed by atoms with Crippen LogP contribution >= 0.6 is 34.5 Å². The molecule has 3 aromatic rings. The third kappa shape index (κ3) is 5.24. The number of piperidine rings is 1. The van der Waals surface area contributed by atoms with Crippen LogP contribution in [0.15, 0.2) is 18.2 Å². The van der Waals surface area contributed by atoms with Crippen molar-refractivity contribution in [3.8, 4) is 5.75 Å². The number of nitrogens with two attached hydrogens (primary N) is 1. The van der Waals surface area contributed by atoms with Crippen molar-refractivity contribution >= 4 is 55.8 Å². The molecule has 3 heterocycles. The van der Waals surface area contributed by atoms with E-state index in [1.54, 1.807) is 12.1 Å². The first-order valence-corrected chi connectivity index (χ1v) is 11.5. The number of hydrogen-bond donors (Lipinski definition) is 2. The van der Waals surface area contributed by atoms with E-state index in [0.29, 0.717) is 26.6 Å². The molecule has 2 aromatic heterocycles. The molecule has 0 amide bonds. The van der Waals surface area contributed by atoms with E-state index in [1.807, 2.05) is 13.0 Å². The van der Waals surface area contributed by atoms with Crippen molar-refractivity contribution in [1.29, 1.82) is 0 Å². The molecule has 4 rings (SSSR count). The number of fused-ring (bicyclic) bond motifs is 1. The zero-order valence-electron chi connectivity index (χ0n) is 16.7. The monoisotopic (exact) mass is 466 g/mol. The minimum Gasteiger partial charge on any atom is -0.490 e. The summed E-state index contributed by atoms with van der Waals surface area (Å²) in [5, 5.41) is 5.00. The summed E-state index contributed by atoms with van der Waals surface area (Å²) >= 11 is 13.4. The zero-order valence-corrected chi connectivity index (χ0v) is 19.0. The fraction of sp³-hybridized carbons (Fsp3) is 0.450. The Morgan fingerprint density at radius 2 is 2.00 bits per heavy atom. The number of benzene rings is 1. The van der Waals surface area contributed by atoms with Gasteiger partial charge in [0, 0.05) is 25.7 Å². The van der Waals surface area contributed by atoms with E-state index in [-0.39, 0.29) is 6.10 Å². The third-order valence-electron chi connectivity index (χ3n) is 5.05. The molecule has 1 aliphatic heterocycles. The highest BCUT2D eigenvalue weighted by atomic mass is 35.5. The molecule has 1 aliphatic rings. The normalized spacial score (nSPS) is 15.6. The summed E-state index contributed by atoms with van der Waals surface area (Å²) in [7, 11) is 0. The number of halogens is 2. The van der Waals surface area contributed by atoms with Crippen LogP contribution in [-0.4, -0.2) is 52.1 Å². The van der Waals surface area contributed by atoms with Crippen molar-refractivity contribution < 1.29 is 4.74 Å². The number of hydrogen-bond acceptors (Lipinski definition) is 8. The predicted octanol–water partition coefficient (Wildman–Crippen LogP) is 4.63. The van der Waals surface area contributed by atoms with Crippen LogP contribution in [0, 0.1) is 6.92 Å². The van der Waals surface area contributed by atoms with E-state index in [1.165, 1.54) is 11.3 Å². The highest BCUT2D eigenvalue weighted by Gasteiger charge is 2.20. The summed E-state index contributed by atoms with van der Waals surface area (Å²) in [5.41, 5.74) is 6.48. The Kier molecular flexibility index (Phi) is 6.77.